The first-order valence-electron chi connectivity index (χ1n) is 9.61. The summed E-state index contributed by atoms with van der Waals surface area (Å²) in [6.07, 6.45) is 8.60. The van der Waals surface area contributed by atoms with Gasteiger partial charge in [-0.3, -0.25) is 9.59 Å². The van der Waals surface area contributed by atoms with Crippen molar-refractivity contribution in [2.75, 3.05) is 31.1 Å². The Bertz CT molecular complexity index is 701. The molecule has 26 heavy (non-hydrogen) atoms. The number of hydrogen-bond acceptors (Lipinski definition) is 5. The molecule has 2 saturated heterocycles. The third-order valence-corrected chi connectivity index (χ3v) is 6.43. The summed E-state index contributed by atoms with van der Waals surface area (Å²) in [5, 5.41) is 9.98. The molecular weight excluding hydrogens is 332 g/mol. The van der Waals surface area contributed by atoms with Crippen LogP contribution in [0, 0.1) is 17.3 Å². The topological polar surface area (TPSA) is 86.6 Å². The minimum absolute atomic E-state index is 0.0696. The number of hydrogen-bond donors (Lipinski definition) is 1. The first-order valence-corrected chi connectivity index (χ1v) is 9.61. The molecule has 0 radical (unpaired) electrons. The van der Waals surface area contributed by atoms with Crippen molar-refractivity contribution in [1.82, 2.24) is 14.9 Å². The molecule has 1 amide bonds. The van der Waals surface area contributed by atoms with Crippen molar-refractivity contribution in [2.24, 2.45) is 17.3 Å². The molecule has 1 aliphatic carbocycles. The van der Waals surface area contributed by atoms with Gasteiger partial charge in [-0.1, -0.05) is 19.8 Å². The number of carboxylic acids is 1. The van der Waals surface area contributed by atoms with Gasteiger partial charge in [-0.25, -0.2) is 9.97 Å². The van der Waals surface area contributed by atoms with E-state index in [1.54, 1.807) is 12.4 Å². The van der Waals surface area contributed by atoms with Gasteiger partial charge >= 0.3 is 5.97 Å². The molecule has 4 rings (SSSR count). The van der Waals surface area contributed by atoms with Crippen LogP contribution in [0.15, 0.2) is 12.4 Å². The number of carbonyl (C=O) groups is 2. The smallest absolute Gasteiger partial charge is 0.313 e. The molecule has 2 aliphatic heterocycles. The summed E-state index contributed by atoms with van der Waals surface area (Å²) < 4.78 is 0. The minimum Gasteiger partial charge on any atom is -0.481 e. The molecule has 1 N–H and O–H groups in total. The summed E-state index contributed by atoms with van der Waals surface area (Å²) in [4.78, 5) is 37.5. The van der Waals surface area contributed by atoms with Gasteiger partial charge in [0, 0.05) is 50.4 Å². The fourth-order valence-corrected chi connectivity index (χ4v) is 4.81. The standard InChI is InChI=1S/C19H26N4O3/c1-2-13-7-20-18(21-8-13)23-10-15-9-22(11-19(15,12-23)17(25)26)16(24)14-5-3-4-6-14/h7-8,14-15H,2-6,9-12H2,1H3,(H,25,26). The zero-order valence-electron chi connectivity index (χ0n) is 15.2. The Labute approximate surface area is 153 Å². The molecule has 1 aromatic heterocycles. The van der Waals surface area contributed by atoms with Crippen LogP contribution in [0.2, 0.25) is 0 Å². The number of aliphatic carboxylic acids is 1. The van der Waals surface area contributed by atoms with E-state index >= 15 is 0 Å². The number of aryl methyl sites for hydroxylation is 1. The van der Waals surface area contributed by atoms with Crippen LogP contribution in [-0.4, -0.2) is 58.0 Å². The van der Waals surface area contributed by atoms with Crippen molar-refractivity contribution in [3.05, 3.63) is 18.0 Å². The molecule has 7 heteroatoms. The van der Waals surface area contributed by atoms with E-state index in [0.717, 1.165) is 37.7 Å². The number of aromatic nitrogens is 2. The normalized spacial score (nSPS) is 28.6. The first kappa shape index (κ1) is 17.2. The second-order valence-electron chi connectivity index (χ2n) is 7.98. The summed E-state index contributed by atoms with van der Waals surface area (Å²) >= 11 is 0. The molecular formula is C19H26N4O3. The molecule has 0 spiro atoms. The van der Waals surface area contributed by atoms with E-state index < -0.39 is 11.4 Å². The van der Waals surface area contributed by atoms with Gasteiger partial charge in [-0.05, 0) is 24.8 Å². The van der Waals surface area contributed by atoms with Crippen LogP contribution in [0.3, 0.4) is 0 Å². The van der Waals surface area contributed by atoms with E-state index in [-0.39, 0.29) is 17.7 Å². The van der Waals surface area contributed by atoms with Crippen LogP contribution in [-0.2, 0) is 16.0 Å². The molecule has 3 heterocycles. The Kier molecular flexibility index (Phi) is 4.32. The third kappa shape index (κ3) is 2.73. The number of anilines is 1. The fraction of sp³-hybridized carbons (Fsp3) is 0.684. The van der Waals surface area contributed by atoms with Gasteiger partial charge in [-0.15, -0.1) is 0 Å². The molecule has 7 nitrogen and oxygen atoms in total. The molecule has 2 unspecified atom stereocenters. The minimum atomic E-state index is -0.902. The van der Waals surface area contributed by atoms with Gasteiger partial charge in [0.05, 0.1) is 0 Å². The van der Waals surface area contributed by atoms with Gasteiger partial charge in [0.1, 0.15) is 5.41 Å². The first-order chi connectivity index (χ1) is 12.5. The summed E-state index contributed by atoms with van der Waals surface area (Å²) in [6.45, 7) is 3.85. The lowest BCUT2D eigenvalue weighted by atomic mass is 9.81. The molecule has 3 aliphatic rings. The maximum atomic E-state index is 12.8. The van der Waals surface area contributed by atoms with Gasteiger partial charge in [0.2, 0.25) is 11.9 Å². The molecule has 1 aromatic rings. The zero-order valence-corrected chi connectivity index (χ0v) is 15.2. The van der Waals surface area contributed by atoms with Crippen LogP contribution >= 0.6 is 0 Å². The highest BCUT2D eigenvalue weighted by molar-refractivity contribution is 5.83. The van der Waals surface area contributed by atoms with Crippen LogP contribution < -0.4 is 4.90 Å². The maximum Gasteiger partial charge on any atom is 0.313 e. The van der Waals surface area contributed by atoms with Gasteiger partial charge in [0.15, 0.2) is 0 Å². The molecule has 2 atom stereocenters. The van der Waals surface area contributed by atoms with Crippen molar-refractivity contribution in [2.45, 2.75) is 39.0 Å². The van der Waals surface area contributed by atoms with Crippen molar-refractivity contribution >= 4 is 17.8 Å². The van der Waals surface area contributed by atoms with Crippen molar-refractivity contribution in [3.63, 3.8) is 0 Å². The number of nitrogens with zero attached hydrogens (tertiary/aromatic N) is 4. The quantitative estimate of drug-likeness (QED) is 0.879. The summed E-state index contributed by atoms with van der Waals surface area (Å²) in [5.74, 6) is -0.0316. The number of rotatable bonds is 4. The lowest BCUT2D eigenvalue weighted by molar-refractivity contribution is -0.148. The second-order valence-corrected chi connectivity index (χ2v) is 7.98. The van der Waals surface area contributed by atoms with E-state index in [1.807, 2.05) is 16.7 Å². The molecule has 140 valence electrons. The van der Waals surface area contributed by atoms with E-state index in [4.69, 9.17) is 0 Å². The Balaban J connectivity index is 1.51. The SMILES string of the molecule is CCc1cnc(N2CC3CN(C(=O)C4CCCC4)CC3(C(=O)O)C2)nc1. The number of likely N-dealkylation sites (tertiary alicyclic amines) is 1. The zero-order chi connectivity index (χ0) is 18.3. The summed E-state index contributed by atoms with van der Waals surface area (Å²) in [7, 11) is 0. The van der Waals surface area contributed by atoms with Gasteiger partial charge in [0.25, 0.3) is 0 Å². The van der Waals surface area contributed by atoms with E-state index in [9.17, 15) is 14.7 Å². The fourth-order valence-electron chi connectivity index (χ4n) is 4.81. The lowest BCUT2D eigenvalue weighted by Gasteiger charge is -2.26. The maximum absolute atomic E-state index is 12.8. The Morgan fingerprint density at radius 3 is 2.46 bits per heavy atom. The van der Waals surface area contributed by atoms with Crippen LogP contribution in [0.5, 0.6) is 0 Å². The average Bonchev–Trinajstić information content (AvgIpc) is 3.35. The van der Waals surface area contributed by atoms with Crippen molar-refractivity contribution < 1.29 is 14.7 Å². The van der Waals surface area contributed by atoms with E-state index in [0.29, 0.717) is 32.1 Å². The van der Waals surface area contributed by atoms with Crippen LogP contribution in [0.25, 0.3) is 0 Å². The van der Waals surface area contributed by atoms with Gasteiger partial charge in [-0.2, -0.15) is 0 Å². The summed E-state index contributed by atoms with van der Waals surface area (Å²) in [6, 6.07) is 0. The van der Waals surface area contributed by atoms with Crippen molar-refractivity contribution in [3.8, 4) is 0 Å². The highest BCUT2D eigenvalue weighted by Gasteiger charge is 2.59. The number of fused-ring (bicyclic) bond motifs is 1. The highest BCUT2D eigenvalue weighted by Crippen LogP contribution is 2.44. The van der Waals surface area contributed by atoms with Gasteiger partial charge < -0.3 is 14.9 Å². The molecule has 1 saturated carbocycles. The lowest BCUT2D eigenvalue weighted by Crippen LogP contribution is -2.43. The number of carbonyl (C=O) groups excluding carboxylic acids is 1. The number of amides is 1. The van der Waals surface area contributed by atoms with Crippen LogP contribution in [0.4, 0.5) is 5.95 Å². The second kappa shape index (κ2) is 6.52. The Hall–Kier alpha value is -2.18. The molecule has 0 aromatic carbocycles. The summed E-state index contributed by atoms with van der Waals surface area (Å²) in [5.41, 5.74) is 0.163. The third-order valence-electron chi connectivity index (χ3n) is 6.43. The molecule has 0 bridgehead atoms. The predicted molar refractivity (Wildman–Crippen MR) is 95.7 cm³/mol. The van der Waals surface area contributed by atoms with Crippen molar-refractivity contribution in [1.29, 1.82) is 0 Å². The van der Waals surface area contributed by atoms with E-state index in [1.165, 1.54) is 0 Å². The van der Waals surface area contributed by atoms with E-state index in [2.05, 4.69) is 9.97 Å². The van der Waals surface area contributed by atoms with Crippen LogP contribution in [0.1, 0.15) is 38.2 Å². The molecule has 3 fully saturated rings. The Morgan fingerprint density at radius 1 is 1.19 bits per heavy atom. The largest absolute Gasteiger partial charge is 0.481 e. The highest BCUT2D eigenvalue weighted by atomic mass is 16.4. The number of carboxylic acid groups (broad SMARTS) is 1. The Morgan fingerprint density at radius 2 is 1.88 bits per heavy atom. The predicted octanol–water partition coefficient (Wildman–Crippen LogP) is 1.58. The average molecular weight is 358 g/mol. The monoisotopic (exact) mass is 358 g/mol.